The summed E-state index contributed by atoms with van der Waals surface area (Å²) in [6.07, 6.45) is 4.86. The molecule has 1 aliphatic rings. The van der Waals surface area contributed by atoms with Crippen LogP contribution in [0.25, 0.3) is 0 Å². The highest BCUT2D eigenvalue weighted by molar-refractivity contribution is 5.89. The largest absolute Gasteiger partial charge is 0.461 e. The van der Waals surface area contributed by atoms with Crippen molar-refractivity contribution in [3.8, 4) is 0 Å². The minimum atomic E-state index is -0.496. The van der Waals surface area contributed by atoms with Crippen LogP contribution in [0.5, 0.6) is 0 Å². The lowest BCUT2D eigenvalue weighted by Crippen LogP contribution is -2.35. The minimum Gasteiger partial charge on any atom is -0.461 e. The molecule has 0 radical (unpaired) electrons. The van der Waals surface area contributed by atoms with Crippen molar-refractivity contribution in [3.63, 3.8) is 0 Å². The molecule has 1 aliphatic carbocycles. The number of nitro benzene ring substituents is 1. The van der Waals surface area contributed by atoms with Crippen LogP contribution in [0.4, 0.5) is 5.69 Å². The Morgan fingerprint density at radius 2 is 1.91 bits per heavy atom. The molecule has 6 heteroatoms. The molecule has 0 spiro atoms. The summed E-state index contributed by atoms with van der Waals surface area (Å²) in [5.74, 6) is 0.368. The van der Waals surface area contributed by atoms with Gasteiger partial charge in [0.2, 0.25) is 0 Å². The van der Waals surface area contributed by atoms with Crippen LogP contribution in [0, 0.1) is 16.0 Å². The van der Waals surface area contributed by atoms with Gasteiger partial charge in [0, 0.05) is 24.7 Å². The van der Waals surface area contributed by atoms with Gasteiger partial charge in [0.15, 0.2) is 0 Å². The van der Waals surface area contributed by atoms with Gasteiger partial charge in [-0.3, -0.25) is 10.1 Å². The number of hydrogen-bond donors (Lipinski definition) is 1. The number of carbonyl (C=O) groups is 1. The average molecular weight is 306 g/mol. The zero-order valence-electron chi connectivity index (χ0n) is 12.8. The first-order valence-electron chi connectivity index (χ1n) is 7.71. The molecule has 0 amide bonds. The molecule has 1 aromatic carbocycles. The fourth-order valence-corrected chi connectivity index (χ4v) is 2.67. The van der Waals surface area contributed by atoms with Crippen LogP contribution in [0.3, 0.4) is 0 Å². The fourth-order valence-electron chi connectivity index (χ4n) is 2.67. The number of rotatable bonds is 6. The number of nitrogens with zero attached hydrogens (tertiary/aromatic N) is 1. The minimum absolute atomic E-state index is 0.0373. The van der Waals surface area contributed by atoms with Gasteiger partial charge >= 0.3 is 5.97 Å². The van der Waals surface area contributed by atoms with Crippen molar-refractivity contribution in [2.45, 2.75) is 38.6 Å². The van der Waals surface area contributed by atoms with Crippen molar-refractivity contribution in [1.82, 2.24) is 5.32 Å². The van der Waals surface area contributed by atoms with E-state index in [1.807, 2.05) is 0 Å². The molecular weight excluding hydrogens is 284 g/mol. The number of esters is 1. The van der Waals surface area contributed by atoms with Crippen LogP contribution in [-0.4, -0.2) is 30.1 Å². The van der Waals surface area contributed by atoms with E-state index in [2.05, 4.69) is 12.2 Å². The Hall–Kier alpha value is -1.95. The standard InChI is InChI=1S/C16H22N2O4/c1-12-2-6-14(7-3-12)17-10-11-22-16(19)13-4-8-15(9-5-13)18(20)21/h4-5,8-9,12,14,17H,2-3,6-7,10-11H2,1H3. The molecule has 0 atom stereocenters. The molecule has 0 heterocycles. The van der Waals surface area contributed by atoms with Crippen molar-refractivity contribution < 1.29 is 14.5 Å². The summed E-state index contributed by atoms with van der Waals surface area (Å²) in [5, 5.41) is 14.0. The lowest BCUT2D eigenvalue weighted by Gasteiger charge is -2.26. The summed E-state index contributed by atoms with van der Waals surface area (Å²) in [6, 6.07) is 5.96. The Balaban J connectivity index is 1.68. The topological polar surface area (TPSA) is 81.5 Å². The first kappa shape index (κ1) is 16.4. The number of nitro groups is 1. The molecule has 120 valence electrons. The smallest absolute Gasteiger partial charge is 0.338 e. The van der Waals surface area contributed by atoms with Gasteiger partial charge in [-0.1, -0.05) is 6.92 Å². The fraction of sp³-hybridized carbons (Fsp3) is 0.562. The summed E-state index contributed by atoms with van der Waals surface area (Å²) in [6.45, 7) is 3.22. The molecule has 1 N–H and O–H groups in total. The Kier molecular flexibility index (Phi) is 5.89. The molecule has 6 nitrogen and oxygen atoms in total. The van der Waals surface area contributed by atoms with Crippen molar-refractivity contribution in [2.75, 3.05) is 13.2 Å². The zero-order valence-corrected chi connectivity index (χ0v) is 12.8. The first-order valence-corrected chi connectivity index (χ1v) is 7.71. The van der Waals surface area contributed by atoms with E-state index in [1.54, 1.807) is 0 Å². The van der Waals surface area contributed by atoms with E-state index in [0.717, 1.165) is 5.92 Å². The van der Waals surface area contributed by atoms with Gasteiger partial charge in [-0.05, 0) is 43.7 Å². The van der Waals surface area contributed by atoms with Gasteiger partial charge in [0.05, 0.1) is 10.5 Å². The SMILES string of the molecule is CC1CCC(NCCOC(=O)c2ccc([N+](=O)[O-])cc2)CC1. The molecule has 1 aromatic rings. The van der Waals surface area contributed by atoms with Gasteiger partial charge in [0.1, 0.15) is 6.61 Å². The van der Waals surface area contributed by atoms with E-state index >= 15 is 0 Å². The molecule has 0 aromatic heterocycles. The second-order valence-electron chi connectivity index (χ2n) is 5.85. The summed E-state index contributed by atoms with van der Waals surface area (Å²) < 4.78 is 5.17. The van der Waals surface area contributed by atoms with Crippen LogP contribution >= 0.6 is 0 Å². The highest BCUT2D eigenvalue weighted by Crippen LogP contribution is 2.23. The van der Waals surface area contributed by atoms with Crippen LogP contribution in [0.1, 0.15) is 43.0 Å². The maximum Gasteiger partial charge on any atom is 0.338 e. The van der Waals surface area contributed by atoms with Gasteiger partial charge in [0.25, 0.3) is 5.69 Å². The number of ether oxygens (including phenoxy) is 1. The molecule has 22 heavy (non-hydrogen) atoms. The van der Waals surface area contributed by atoms with Gasteiger partial charge in [-0.2, -0.15) is 0 Å². The van der Waals surface area contributed by atoms with E-state index in [9.17, 15) is 14.9 Å². The predicted octanol–water partition coefficient (Wildman–Crippen LogP) is 2.92. The third-order valence-electron chi connectivity index (χ3n) is 4.10. The molecular formula is C16H22N2O4. The van der Waals surface area contributed by atoms with E-state index in [1.165, 1.54) is 49.9 Å². The van der Waals surface area contributed by atoms with Crippen LogP contribution in [0.15, 0.2) is 24.3 Å². The molecule has 0 unspecified atom stereocenters. The van der Waals surface area contributed by atoms with E-state index in [0.29, 0.717) is 24.8 Å². The number of nitrogens with one attached hydrogen (secondary N) is 1. The van der Waals surface area contributed by atoms with Crippen molar-refractivity contribution in [1.29, 1.82) is 0 Å². The Morgan fingerprint density at radius 1 is 1.27 bits per heavy atom. The van der Waals surface area contributed by atoms with Gasteiger partial charge in [-0.15, -0.1) is 0 Å². The third-order valence-corrected chi connectivity index (χ3v) is 4.10. The van der Waals surface area contributed by atoms with Crippen LogP contribution in [-0.2, 0) is 4.74 Å². The number of non-ortho nitro benzene ring substituents is 1. The maximum absolute atomic E-state index is 11.8. The second kappa shape index (κ2) is 7.89. The quantitative estimate of drug-likeness (QED) is 0.378. The number of benzene rings is 1. The summed E-state index contributed by atoms with van der Waals surface area (Å²) >= 11 is 0. The molecule has 0 saturated heterocycles. The Morgan fingerprint density at radius 3 is 2.50 bits per heavy atom. The molecule has 0 bridgehead atoms. The summed E-state index contributed by atoms with van der Waals surface area (Å²) in [4.78, 5) is 21.8. The molecule has 2 rings (SSSR count). The molecule has 1 fully saturated rings. The summed E-state index contributed by atoms with van der Waals surface area (Å²) in [5.41, 5.74) is 0.293. The lowest BCUT2D eigenvalue weighted by molar-refractivity contribution is -0.384. The van der Waals surface area contributed by atoms with Crippen molar-refractivity contribution in [3.05, 3.63) is 39.9 Å². The second-order valence-corrected chi connectivity index (χ2v) is 5.85. The number of carbonyl (C=O) groups excluding carboxylic acids is 1. The van der Waals surface area contributed by atoms with E-state index < -0.39 is 10.9 Å². The normalized spacial score (nSPS) is 21.3. The van der Waals surface area contributed by atoms with Gasteiger partial charge < -0.3 is 10.1 Å². The van der Waals surface area contributed by atoms with Crippen molar-refractivity contribution in [2.24, 2.45) is 5.92 Å². The highest BCUT2D eigenvalue weighted by Gasteiger charge is 2.17. The molecule has 0 aliphatic heterocycles. The van der Waals surface area contributed by atoms with Crippen LogP contribution < -0.4 is 5.32 Å². The number of hydrogen-bond acceptors (Lipinski definition) is 5. The lowest BCUT2D eigenvalue weighted by atomic mass is 9.87. The van der Waals surface area contributed by atoms with Gasteiger partial charge in [-0.25, -0.2) is 4.79 Å². The zero-order chi connectivity index (χ0) is 15.9. The van der Waals surface area contributed by atoms with E-state index in [-0.39, 0.29) is 5.69 Å². The van der Waals surface area contributed by atoms with Crippen LogP contribution in [0.2, 0.25) is 0 Å². The summed E-state index contributed by atoms with van der Waals surface area (Å²) in [7, 11) is 0. The monoisotopic (exact) mass is 306 g/mol. The first-order chi connectivity index (χ1) is 10.6. The predicted molar refractivity (Wildman–Crippen MR) is 82.8 cm³/mol. The third kappa shape index (κ3) is 4.80. The Labute approximate surface area is 130 Å². The van der Waals surface area contributed by atoms with E-state index in [4.69, 9.17) is 4.74 Å². The average Bonchev–Trinajstić information content (AvgIpc) is 2.53. The Bertz CT molecular complexity index is 507. The van der Waals surface area contributed by atoms with Crippen molar-refractivity contribution >= 4 is 11.7 Å². The molecule has 1 saturated carbocycles. The maximum atomic E-state index is 11.8. The highest BCUT2D eigenvalue weighted by atomic mass is 16.6.